The van der Waals surface area contributed by atoms with Gasteiger partial charge in [-0.15, -0.1) is 0 Å². The molecule has 3 aromatic carbocycles. The molecule has 3 aromatic rings. The number of nitro benzene ring substituents is 1. The number of ketones is 1. The number of carboxylic acid groups (broad SMARTS) is 1. The average molecular weight is 444 g/mol. The molecular formula is C24H16N2O7. The number of Topliss-reactive ketones (excluding diaryl/α,β-unsaturated/α-hetero) is 1. The second-order valence-corrected chi connectivity index (χ2v) is 7.24. The molecule has 1 fully saturated rings. The summed E-state index contributed by atoms with van der Waals surface area (Å²) in [5.74, 6) is -3.50. The normalized spacial score (nSPS) is 17.2. The smallest absolute Gasteiger partial charge is 0.335 e. The highest BCUT2D eigenvalue weighted by atomic mass is 16.6. The molecular weight excluding hydrogens is 428 g/mol. The summed E-state index contributed by atoms with van der Waals surface area (Å²) in [6.45, 7) is 0. The lowest BCUT2D eigenvalue weighted by atomic mass is 9.94. The zero-order valence-electron chi connectivity index (χ0n) is 16.9. The van der Waals surface area contributed by atoms with Gasteiger partial charge in [-0.25, -0.2) is 4.79 Å². The van der Waals surface area contributed by atoms with Gasteiger partial charge in [-0.1, -0.05) is 42.5 Å². The first-order valence-corrected chi connectivity index (χ1v) is 9.73. The second kappa shape index (κ2) is 8.39. The molecule has 1 saturated heterocycles. The molecule has 0 aliphatic carbocycles. The molecule has 1 atom stereocenters. The molecule has 4 rings (SSSR count). The Morgan fingerprint density at radius 3 is 2.15 bits per heavy atom. The first-order valence-electron chi connectivity index (χ1n) is 9.73. The Bertz CT molecular complexity index is 1310. The summed E-state index contributed by atoms with van der Waals surface area (Å²) in [6, 6.07) is 17.7. The second-order valence-electron chi connectivity index (χ2n) is 7.24. The number of carboxylic acids is 1. The van der Waals surface area contributed by atoms with Crippen LogP contribution in [0.2, 0.25) is 0 Å². The number of hydrogen-bond acceptors (Lipinski definition) is 6. The van der Waals surface area contributed by atoms with E-state index in [0.717, 1.165) is 4.90 Å². The molecule has 33 heavy (non-hydrogen) atoms. The molecule has 1 heterocycles. The van der Waals surface area contributed by atoms with Gasteiger partial charge in [0.05, 0.1) is 22.1 Å². The van der Waals surface area contributed by atoms with Crippen LogP contribution in [0.4, 0.5) is 11.4 Å². The van der Waals surface area contributed by atoms with E-state index in [1.165, 1.54) is 48.5 Å². The van der Waals surface area contributed by atoms with Crippen molar-refractivity contribution in [3.63, 3.8) is 0 Å². The lowest BCUT2D eigenvalue weighted by Crippen LogP contribution is -2.29. The largest absolute Gasteiger partial charge is 0.507 e. The third kappa shape index (κ3) is 3.83. The SMILES string of the molecule is O=C1C(=O)N(c2ccc(C(=O)O)cc2)C(c2cccc([N+](=O)[O-])c2)/C1=C(\O)c1ccccc1. The minimum absolute atomic E-state index is 0.0217. The van der Waals surface area contributed by atoms with E-state index >= 15 is 0 Å². The van der Waals surface area contributed by atoms with Crippen molar-refractivity contribution in [2.75, 3.05) is 4.90 Å². The maximum atomic E-state index is 13.1. The minimum atomic E-state index is -1.17. The number of aliphatic hydroxyl groups excluding tert-OH is 1. The van der Waals surface area contributed by atoms with Crippen molar-refractivity contribution in [1.29, 1.82) is 0 Å². The highest BCUT2D eigenvalue weighted by Gasteiger charge is 2.47. The van der Waals surface area contributed by atoms with Crippen molar-refractivity contribution in [2.24, 2.45) is 0 Å². The van der Waals surface area contributed by atoms with Gasteiger partial charge in [0.15, 0.2) is 0 Å². The van der Waals surface area contributed by atoms with Crippen molar-refractivity contribution in [3.8, 4) is 0 Å². The summed E-state index contributed by atoms with van der Waals surface area (Å²) in [4.78, 5) is 49.1. The minimum Gasteiger partial charge on any atom is -0.507 e. The third-order valence-electron chi connectivity index (χ3n) is 5.28. The van der Waals surface area contributed by atoms with Crippen molar-refractivity contribution in [3.05, 3.63) is 111 Å². The lowest BCUT2D eigenvalue weighted by molar-refractivity contribution is -0.384. The van der Waals surface area contributed by atoms with Gasteiger partial charge in [0.25, 0.3) is 17.4 Å². The molecule has 2 N–H and O–H groups in total. The third-order valence-corrected chi connectivity index (χ3v) is 5.28. The molecule has 0 bridgehead atoms. The summed E-state index contributed by atoms with van der Waals surface area (Å²) in [6.07, 6.45) is 0. The van der Waals surface area contributed by atoms with Gasteiger partial charge in [0.1, 0.15) is 5.76 Å². The van der Waals surface area contributed by atoms with Gasteiger partial charge < -0.3 is 10.2 Å². The molecule has 1 aliphatic rings. The van der Waals surface area contributed by atoms with Crippen LogP contribution in [0, 0.1) is 10.1 Å². The van der Waals surface area contributed by atoms with Crippen molar-refractivity contribution < 1.29 is 29.5 Å². The molecule has 1 unspecified atom stereocenters. The Kier molecular flexibility index (Phi) is 5.45. The summed E-state index contributed by atoms with van der Waals surface area (Å²) in [5, 5.41) is 31.4. The quantitative estimate of drug-likeness (QED) is 0.200. The molecule has 0 aromatic heterocycles. The monoisotopic (exact) mass is 444 g/mol. The molecule has 0 spiro atoms. The average Bonchev–Trinajstić information content (AvgIpc) is 3.09. The summed E-state index contributed by atoms with van der Waals surface area (Å²) < 4.78 is 0. The molecule has 9 nitrogen and oxygen atoms in total. The number of carbonyl (C=O) groups is 3. The number of benzene rings is 3. The highest BCUT2D eigenvalue weighted by molar-refractivity contribution is 6.51. The molecule has 9 heteroatoms. The van der Waals surface area contributed by atoms with Crippen LogP contribution in [0.3, 0.4) is 0 Å². The van der Waals surface area contributed by atoms with E-state index in [2.05, 4.69) is 0 Å². The number of nitro groups is 1. The van der Waals surface area contributed by atoms with Gasteiger partial charge in [-0.2, -0.15) is 0 Å². The summed E-state index contributed by atoms with van der Waals surface area (Å²) in [5.41, 5.74) is 0.237. The van der Waals surface area contributed by atoms with Gasteiger partial charge in [-0.3, -0.25) is 24.6 Å². The number of non-ortho nitro benzene ring substituents is 1. The van der Waals surface area contributed by atoms with E-state index in [1.807, 2.05) is 0 Å². The van der Waals surface area contributed by atoms with Crippen LogP contribution in [-0.2, 0) is 9.59 Å². The fourth-order valence-corrected chi connectivity index (χ4v) is 3.74. The topological polar surface area (TPSA) is 138 Å². The van der Waals surface area contributed by atoms with E-state index in [-0.39, 0.29) is 28.1 Å². The summed E-state index contributed by atoms with van der Waals surface area (Å²) in [7, 11) is 0. The van der Waals surface area contributed by atoms with E-state index in [1.54, 1.807) is 30.3 Å². The van der Waals surface area contributed by atoms with Crippen LogP contribution >= 0.6 is 0 Å². The van der Waals surface area contributed by atoms with Crippen molar-refractivity contribution in [1.82, 2.24) is 0 Å². The van der Waals surface area contributed by atoms with Gasteiger partial charge in [0, 0.05) is 23.4 Å². The first kappa shape index (κ1) is 21.4. The van der Waals surface area contributed by atoms with E-state index in [9.17, 15) is 29.6 Å². The van der Waals surface area contributed by atoms with Crippen LogP contribution in [0.15, 0.2) is 84.4 Å². The van der Waals surface area contributed by atoms with Gasteiger partial charge >= 0.3 is 5.97 Å². The molecule has 0 radical (unpaired) electrons. The van der Waals surface area contributed by atoms with E-state index in [4.69, 9.17) is 5.11 Å². The summed E-state index contributed by atoms with van der Waals surface area (Å²) >= 11 is 0. The fourth-order valence-electron chi connectivity index (χ4n) is 3.74. The zero-order valence-corrected chi connectivity index (χ0v) is 16.9. The Hall–Kier alpha value is -4.79. The Labute approximate surface area is 187 Å². The van der Waals surface area contributed by atoms with Crippen LogP contribution < -0.4 is 4.90 Å². The number of amides is 1. The standard InChI is InChI=1S/C24H16N2O7/c27-21(14-5-2-1-3-6-14)19-20(16-7-4-8-18(13-16)26(32)33)25(23(29)22(19)28)17-11-9-15(10-12-17)24(30)31/h1-13,20,27H,(H,30,31)/b21-19+. The van der Waals surface area contributed by atoms with Crippen LogP contribution in [0.5, 0.6) is 0 Å². The predicted molar refractivity (Wildman–Crippen MR) is 118 cm³/mol. The number of nitrogens with zero attached hydrogens (tertiary/aromatic N) is 2. The Morgan fingerprint density at radius 2 is 1.55 bits per heavy atom. The zero-order chi connectivity index (χ0) is 23.7. The maximum Gasteiger partial charge on any atom is 0.335 e. The van der Waals surface area contributed by atoms with Crippen LogP contribution in [-0.4, -0.2) is 32.8 Å². The van der Waals surface area contributed by atoms with Crippen molar-refractivity contribution in [2.45, 2.75) is 6.04 Å². The Morgan fingerprint density at radius 1 is 0.879 bits per heavy atom. The molecule has 1 amide bonds. The molecule has 164 valence electrons. The lowest BCUT2D eigenvalue weighted by Gasteiger charge is -2.25. The number of carbonyl (C=O) groups excluding carboxylic acids is 2. The number of anilines is 1. The van der Waals surface area contributed by atoms with Gasteiger partial charge in [0.2, 0.25) is 0 Å². The van der Waals surface area contributed by atoms with E-state index in [0.29, 0.717) is 5.56 Å². The van der Waals surface area contributed by atoms with Crippen molar-refractivity contribution >= 4 is 34.8 Å². The highest BCUT2D eigenvalue weighted by Crippen LogP contribution is 2.42. The van der Waals surface area contributed by atoms with E-state index < -0.39 is 34.4 Å². The molecule has 0 saturated carbocycles. The predicted octanol–water partition coefficient (Wildman–Crippen LogP) is 3.92. The first-order chi connectivity index (χ1) is 15.8. The maximum absolute atomic E-state index is 13.1. The number of aromatic carboxylic acids is 1. The molecule has 1 aliphatic heterocycles. The van der Waals surface area contributed by atoms with Crippen LogP contribution in [0.25, 0.3) is 5.76 Å². The fraction of sp³-hybridized carbons (Fsp3) is 0.0417. The van der Waals surface area contributed by atoms with Gasteiger partial charge in [-0.05, 0) is 29.8 Å². The number of aliphatic hydroxyl groups is 1. The van der Waals surface area contributed by atoms with Crippen LogP contribution in [0.1, 0.15) is 27.5 Å². The number of hydrogen-bond donors (Lipinski definition) is 2. The Balaban J connectivity index is 1.94. The number of rotatable bonds is 5.